The minimum absolute atomic E-state index is 0.0416. The average Bonchev–Trinajstić information content (AvgIpc) is 3.18. The second-order valence-electron chi connectivity index (χ2n) is 7.70. The van der Waals surface area contributed by atoms with Crippen molar-refractivity contribution in [3.8, 4) is 0 Å². The average molecular weight is 503 g/mol. The number of nitrogens with zero attached hydrogens (tertiary/aromatic N) is 2. The van der Waals surface area contributed by atoms with E-state index in [0.29, 0.717) is 0 Å². The summed E-state index contributed by atoms with van der Waals surface area (Å²) in [7, 11) is 0. The third kappa shape index (κ3) is 5.65. The number of carbonyl (C=O) groups excluding carboxylic acids is 1. The normalized spacial score (nSPS) is 20.7. The van der Waals surface area contributed by atoms with Gasteiger partial charge in [-0.05, 0) is 30.4 Å². The van der Waals surface area contributed by atoms with Crippen molar-refractivity contribution in [3.05, 3.63) is 32.8 Å². The maximum absolute atomic E-state index is 12.8. The molecule has 0 N–H and O–H groups in total. The Labute approximate surface area is 197 Å². The maximum atomic E-state index is 12.8. The molecule has 0 saturated heterocycles. The fourth-order valence-electron chi connectivity index (χ4n) is 3.31. The van der Waals surface area contributed by atoms with Gasteiger partial charge in [-0.15, -0.1) is 0 Å². The van der Waals surface area contributed by atoms with Crippen LogP contribution in [0, 0.1) is 17.3 Å². The number of alkyl halides is 2. The number of hydrogen-bond acceptors (Lipinski definition) is 4. The van der Waals surface area contributed by atoms with E-state index in [2.05, 4.69) is 18.9 Å². The lowest BCUT2D eigenvalue weighted by Crippen LogP contribution is -2.23. The molecule has 2 unspecified atom stereocenters. The van der Waals surface area contributed by atoms with Gasteiger partial charge in [0.05, 0.1) is 21.0 Å². The Hall–Kier alpha value is -0.390. The number of carbonyl (C=O) groups is 1. The molecule has 1 aromatic carbocycles. The Kier molecular flexibility index (Phi) is 8.43. The summed E-state index contributed by atoms with van der Waals surface area (Å²) < 4.78 is 3.43. The molecule has 0 heterocycles. The van der Waals surface area contributed by atoms with Crippen LogP contribution in [0.5, 0.6) is 0 Å². The highest BCUT2D eigenvalue weighted by molar-refractivity contribution is 6.51. The van der Waals surface area contributed by atoms with Crippen LogP contribution >= 0.6 is 58.0 Å². The van der Waals surface area contributed by atoms with E-state index >= 15 is 0 Å². The first-order chi connectivity index (χ1) is 13.5. The quantitative estimate of drug-likeness (QED) is 0.118. The zero-order valence-corrected chi connectivity index (χ0v) is 20.6. The number of hydrazone groups is 1. The van der Waals surface area contributed by atoms with Crippen LogP contribution in [0.1, 0.15) is 46.1 Å². The standard InChI is InChI=1S/C20H25Cl5N2O2/c1-5-9-27(10-6-2)26-11-13-15(19(13,3)4)18(28)29-20(24,25)12-7-8-14(21)17(23)16(12)22/h7-8,11,13,15H,5-6,9-10H2,1-4H3. The van der Waals surface area contributed by atoms with Crippen LogP contribution in [-0.4, -0.2) is 30.3 Å². The van der Waals surface area contributed by atoms with E-state index in [-0.39, 0.29) is 32.0 Å². The van der Waals surface area contributed by atoms with Gasteiger partial charge in [-0.2, -0.15) is 5.10 Å². The van der Waals surface area contributed by atoms with Gasteiger partial charge in [-0.25, -0.2) is 0 Å². The third-order valence-corrected chi connectivity index (χ3v) is 6.95. The molecule has 1 aliphatic carbocycles. The van der Waals surface area contributed by atoms with Crippen molar-refractivity contribution < 1.29 is 9.53 Å². The summed E-state index contributed by atoms with van der Waals surface area (Å²) in [5.41, 5.74) is -0.151. The van der Waals surface area contributed by atoms with E-state index in [0.717, 1.165) is 25.9 Å². The predicted molar refractivity (Wildman–Crippen MR) is 122 cm³/mol. The van der Waals surface area contributed by atoms with Crippen LogP contribution in [0.4, 0.5) is 0 Å². The topological polar surface area (TPSA) is 41.9 Å². The second kappa shape index (κ2) is 9.82. The molecule has 9 heteroatoms. The van der Waals surface area contributed by atoms with Crippen LogP contribution in [0.15, 0.2) is 17.2 Å². The molecule has 0 amide bonds. The van der Waals surface area contributed by atoms with Crippen molar-refractivity contribution in [2.24, 2.45) is 22.4 Å². The van der Waals surface area contributed by atoms with E-state index in [1.807, 2.05) is 25.1 Å². The van der Waals surface area contributed by atoms with Crippen LogP contribution in [0.2, 0.25) is 15.1 Å². The molecule has 1 aliphatic rings. The molecule has 1 aromatic rings. The Morgan fingerprint density at radius 1 is 1.17 bits per heavy atom. The number of benzene rings is 1. The highest BCUT2D eigenvalue weighted by Gasteiger charge is 2.63. The van der Waals surface area contributed by atoms with Gasteiger partial charge in [0.15, 0.2) is 0 Å². The second-order valence-corrected chi connectivity index (χ2v) is 10.1. The summed E-state index contributed by atoms with van der Waals surface area (Å²) in [6, 6.07) is 2.97. The Morgan fingerprint density at radius 2 is 1.76 bits per heavy atom. The highest BCUT2D eigenvalue weighted by atomic mass is 35.5. The molecule has 4 nitrogen and oxygen atoms in total. The van der Waals surface area contributed by atoms with Crippen LogP contribution in [0.25, 0.3) is 0 Å². The molecule has 0 radical (unpaired) electrons. The van der Waals surface area contributed by atoms with E-state index in [1.54, 1.807) is 0 Å². The van der Waals surface area contributed by atoms with Gasteiger partial charge in [0, 0.05) is 30.8 Å². The molecule has 0 aromatic heterocycles. The van der Waals surface area contributed by atoms with Gasteiger partial charge in [0.2, 0.25) is 0 Å². The number of esters is 1. The molecule has 162 valence electrons. The zero-order valence-electron chi connectivity index (χ0n) is 16.8. The monoisotopic (exact) mass is 500 g/mol. The Balaban J connectivity index is 2.13. The largest absolute Gasteiger partial charge is 0.424 e. The first-order valence-electron chi connectivity index (χ1n) is 9.51. The summed E-state index contributed by atoms with van der Waals surface area (Å²) in [4.78, 5) is 12.8. The lowest BCUT2D eigenvalue weighted by molar-refractivity contribution is -0.150. The molecular weight excluding hydrogens is 477 g/mol. The SMILES string of the molecule is CCCN(CCC)N=CC1C(C(=O)OC(Cl)(Cl)c2ccc(Cl)c(Cl)c2Cl)C1(C)C. The smallest absolute Gasteiger partial charge is 0.313 e. The number of ether oxygens (including phenoxy) is 1. The molecule has 0 aliphatic heterocycles. The third-order valence-electron chi connectivity index (χ3n) is 5.10. The summed E-state index contributed by atoms with van der Waals surface area (Å²) in [6.45, 7) is 9.91. The predicted octanol–water partition coefficient (Wildman–Crippen LogP) is 7.16. The Morgan fingerprint density at radius 3 is 2.31 bits per heavy atom. The van der Waals surface area contributed by atoms with Gasteiger partial charge in [0.25, 0.3) is 4.52 Å². The summed E-state index contributed by atoms with van der Waals surface area (Å²) in [5, 5.41) is 6.96. The highest BCUT2D eigenvalue weighted by Crippen LogP contribution is 2.59. The lowest BCUT2D eigenvalue weighted by atomic mass is 10.1. The molecule has 2 atom stereocenters. The van der Waals surface area contributed by atoms with Crippen molar-refractivity contribution in [2.75, 3.05) is 13.1 Å². The van der Waals surface area contributed by atoms with Crippen LogP contribution in [0.3, 0.4) is 0 Å². The molecule has 0 spiro atoms. The zero-order chi connectivity index (χ0) is 22.0. The van der Waals surface area contributed by atoms with E-state index in [1.165, 1.54) is 12.1 Å². The fraction of sp³-hybridized carbons (Fsp3) is 0.600. The van der Waals surface area contributed by atoms with Crippen molar-refractivity contribution >= 4 is 70.2 Å². The molecule has 0 bridgehead atoms. The molecular formula is C20H25Cl5N2O2. The number of halogens is 5. The first kappa shape index (κ1) is 24.9. The van der Waals surface area contributed by atoms with E-state index < -0.39 is 16.4 Å². The summed E-state index contributed by atoms with van der Waals surface area (Å²) >= 11 is 30.8. The van der Waals surface area contributed by atoms with Gasteiger partial charge in [0.1, 0.15) is 0 Å². The number of rotatable bonds is 9. The van der Waals surface area contributed by atoms with E-state index in [9.17, 15) is 4.79 Å². The molecule has 1 saturated carbocycles. The van der Waals surface area contributed by atoms with Crippen molar-refractivity contribution in [3.63, 3.8) is 0 Å². The molecule has 1 fully saturated rings. The summed E-state index contributed by atoms with van der Waals surface area (Å²) in [6.07, 6.45) is 3.83. The fourth-order valence-corrected chi connectivity index (χ4v) is 4.54. The van der Waals surface area contributed by atoms with Crippen molar-refractivity contribution in [1.82, 2.24) is 5.01 Å². The van der Waals surface area contributed by atoms with Crippen LogP contribution in [-0.2, 0) is 14.1 Å². The minimum Gasteiger partial charge on any atom is -0.424 e. The van der Waals surface area contributed by atoms with Gasteiger partial charge < -0.3 is 4.74 Å². The molecule has 2 rings (SSSR count). The van der Waals surface area contributed by atoms with Gasteiger partial charge >= 0.3 is 5.97 Å². The lowest BCUT2D eigenvalue weighted by Gasteiger charge is -2.22. The van der Waals surface area contributed by atoms with Crippen molar-refractivity contribution in [2.45, 2.75) is 45.1 Å². The Bertz CT molecular complexity index is 776. The van der Waals surface area contributed by atoms with Crippen LogP contribution < -0.4 is 0 Å². The first-order valence-corrected chi connectivity index (χ1v) is 11.4. The maximum Gasteiger partial charge on any atom is 0.313 e. The summed E-state index contributed by atoms with van der Waals surface area (Å²) in [5.74, 6) is -0.995. The number of hydrogen-bond donors (Lipinski definition) is 0. The van der Waals surface area contributed by atoms with E-state index in [4.69, 9.17) is 62.7 Å². The van der Waals surface area contributed by atoms with Crippen molar-refractivity contribution in [1.29, 1.82) is 0 Å². The van der Waals surface area contributed by atoms with Gasteiger partial charge in [-0.1, -0.05) is 85.7 Å². The minimum atomic E-state index is -1.99. The van der Waals surface area contributed by atoms with Gasteiger partial charge in [-0.3, -0.25) is 9.80 Å². The molecule has 29 heavy (non-hydrogen) atoms.